The predicted octanol–water partition coefficient (Wildman–Crippen LogP) is 9.20. The van der Waals surface area contributed by atoms with Crippen molar-refractivity contribution in [3.63, 3.8) is 0 Å². The van der Waals surface area contributed by atoms with Crippen molar-refractivity contribution in [2.75, 3.05) is 33.4 Å². The molecule has 10 heteroatoms. The van der Waals surface area contributed by atoms with Crippen LogP contribution in [0.15, 0.2) is 0 Å². The van der Waals surface area contributed by atoms with Crippen LogP contribution in [0.5, 0.6) is 0 Å². The Labute approximate surface area is 269 Å². The topological polar surface area (TPSA) is 120 Å². The number of phosphoric acid groups is 1. The summed E-state index contributed by atoms with van der Waals surface area (Å²) in [6.45, 7) is 4.21. The third kappa shape index (κ3) is 31.0. The molecule has 0 aromatic carbocycles. The van der Waals surface area contributed by atoms with E-state index in [-0.39, 0.29) is 25.6 Å². The number of likely N-dealkylation sites (N-methyl/N-ethyl adjacent to an activating group) is 1. The number of ether oxygens (including phenoxy) is 2. The normalized spacial score (nSPS) is 13.5. The molecule has 0 fully saturated rings. The van der Waals surface area contributed by atoms with E-state index in [4.69, 9.17) is 18.5 Å². The summed E-state index contributed by atoms with van der Waals surface area (Å²) in [5, 5.41) is 2.81. The molecule has 0 saturated heterocycles. The van der Waals surface area contributed by atoms with Gasteiger partial charge in [-0.1, -0.05) is 142 Å². The standard InChI is InChI=1S/C34H68NO8P/c1-4-6-8-10-12-14-16-18-20-22-24-26-33(36)40-30-32(31-42-44(38,39)41-29-28-35-3)43-34(37)27-25-23-21-19-17-15-13-11-9-7-5-2/h32,35H,4-31H2,1-3H3,(H,38,39)/t32-/m1/s1. The number of rotatable bonds is 34. The van der Waals surface area contributed by atoms with E-state index >= 15 is 0 Å². The number of unbranched alkanes of at least 4 members (excludes halogenated alkanes) is 20. The Morgan fingerprint density at radius 1 is 0.614 bits per heavy atom. The number of hydrogen-bond acceptors (Lipinski definition) is 8. The summed E-state index contributed by atoms with van der Waals surface area (Å²) in [6.07, 6.45) is 25.7. The van der Waals surface area contributed by atoms with E-state index in [0.29, 0.717) is 19.4 Å². The van der Waals surface area contributed by atoms with Crippen LogP contribution in [0.3, 0.4) is 0 Å². The number of phosphoric ester groups is 1. The molecule has 0 spiro atoms. The molecule has 0 amide bonds. The largest absolute Gasteiger partial charge is 0.472 e. The Bertz CT molecular complexity index is 709. The zero-order valence-electron chi connectivity index (χ0n) is 28.6. The Morgan fingerprint density at radius 2 is 1.02 bits per heavy atom. The number of hydrogen-bond donors (Lipinski definition) is 2. The fraction of sp³-hybridized carbons (Fsp3) is 0.941. The molecular formula is C34H68NO8P. The summed E-state index contributed by atoms with van der Waals surface area (Å²) in [5.41, 5.74) is 0. The van der Waals surface area contributed by atoms with Gasteiger partial charge in [0.25, 0.3) is 0 Å². The van der Waals surface area contributed by atoms with E-state index in [1.54, 1.807) is 7.05 Å². The molecule has 0 bridgehead atoms. The first-order valence-corrected chi connectivity index (χ1v) is 19.5. The highest BCUT2D eigenvalue weighted by atomic mass is 31.2. The lowest BCUT2D eigenvalue weighted by atomic mass is 10.1. The van der Waals surface area contributed by atoms with Crippen LogP contribution in [0.2, 0.25) is 0 Å². The van der Waals surface area contributed by atoms with Crippen molar-refractivity contribution in [1.29, 1.82) is 0 Å². The van der Waals surface area contributed by atoms with Crippen LogP contribution in [0.1, 0.15) is 168 Å². The van der Waals surface area contributed by atoms with E-state index in [1.165, 1.54) is 103 Å². The lowest BCUT2D eigenvalue weighted by Gasteiger charge is -2.20. The van der Waals surface area contributed by atoms with E-state index in [1.807, 2.05) is 0 Å². The van der Waals surface area contributed by atoms with Gasteiger partial charge in [0.2, 0.25) is 0 Å². The smallest absolute Gasteiger partial charge is 0.462 e. The van der Waals surface area contributed by atoms with Gasteiger partial charge in [-0.2, -0.15) is 0 Å². The molecule has 0 radical (unpaired) electrons. The van der Waals surface area contributed by atoms with Crippen molar-refractivity contribution in [1.82, 2.24) is 5.32 Å². The molecule has 9 nitrogen and oxygen atoms in total. The number of carbonyl (C=O) groups is 2. The molecule has 1 unspecified atom stereocenters. The molecule has 0 rings (SSSR count). The van der Waals surface area contributed by atoms with Gasteiger partial charge in [-0.3, -0.25) is 18.6 Å². The number of carbonyl (C=O) groups excluding carboxylic acids is 2. The number of esters is 2. The maximum Gasteiger partial charge on any atom is 0.472 e. The molecule has 2 atom stereocenters. The van der Waals surface area contributed by atoms with Gasteiger partial charge in [0.15, 0.2) is 6.10 Å². The minimum atomic E-state index is -4.33. The van der Waals surface area contributed by atoms with Crippen LogP contribution in [-0.2, 0) is 32.7 Å². The molecular weight excluding hydrogens is 581 g/mol. The molecule has 0 heterocycles. The van der Waals surface area contributed by atoms with Gasteiger partial charge in [-0.15, -0.1) is 0 Å². The van der Waals surface area contributed by atoms with Crippen molar-refractivity contribution in [2.45, 2.75) is 174 Å². The molecule has 0 aliphatic carbocycles. The van der Waals surface area contributed by atoms with Gasteiger partial charge in [-0.25, -0.2) is 4.57 Å². The second-order valence-corrected chi connectivity index (χ2v) is 13.5. The van der Waals surface area contributed by atoms with E-state index in [9.17, 15) is 19.0 Å². The monoisotopic (exact) mass is 649 g/mol. The van der Waals surface area contributed by atoms with Crippen LogP contribution in [0.25, 0.3) is 0 Å². The second-order valence-electron chi connectivity index (χ2n) is 12.1. The molecule has 0 aliphatic heterocycles. The molecule has 262 valence electrons. The van der Waals surface area contributed by atoms with Gasteiger partial charge in [0, 0.05) is 19.4 Å². The zero-order valence-corrected chi connectivity index (χ0v) is 29.5. The van der Waals surface area contributed by atoms with E-state index < -0.39 is 26.5 Å². The second kappa shape index (κ2) is 32.0. The van der Waals surface area contributed by atoms with Crippen LogP contribution in [0, 0.1) is 0 Å². The fourth-order valence-electron chi connectivity index (χ4n) is 4.96. The minimum absolute atomic E-state index is 0.0124. The molecule has 2 N–H and O–H groups in total. The van der Waals surface area contributed by atoms with E-state index in [2.05, 4.69) is 19.2 Å². The SMILES string of the molecule is CCCCCCCCCCCCCC(=O)OC[C@H](COP(=O)(O)OCCNC)OC(=O)CCCCCCCCCCCCC. The van der Waals surface area contributed by atoms with Crippen LogP contribution in [-0.4, -0.2) is 56.3 Å². The van der Waals surface area contributed by atoms with Gasteiger partial charge >= 0.3 is 19.8 Å². The van der Waals surface area contributed by atoms with Crippen LogP contribution in [0.4, 0.5) is 0 Å². The first-order valence-electron chi connectivity index (χ1n) is 18.0. The predicted molar refractivity (Wildman–Crippen MR) is 179 cm³/mol. The lowest BCUT2D eigenvalue weighted by Crippen LogP contribution is -2.29. The fourth-order valence-corrected chi connectivity index (χ4v) is 5.71. The van der Waals surface area contributed by atoms with Gasteiger partial charge in [0.05, 0.1) is 13.2 Å². The summed E-state index contributed by atoms with van der Waals surface area (Å²) in [6, 6.07) is 0. The molecule has 0 saturated carbocycles. The van der Waals surface area contributed by atoms with Crippen molar-refractivity contribution < 1.29 is 37.6 Å². The molecule has 0 aliphatic rings. The summed E-state index contributed by atoms with van der Waals surface area (Å²) in [5.74, 6) is -0.801. The maximum atomic E-state index is 12.5. The molecule has 0 aromatic rings. The van der Waals surface area contributed by atoms with Crippen molar-refractivity contribution in [3.05, 3.63) is 0 Å². The maximum absolute atomic E-state index is 12.5. The Kier molecular flexibility index (Phi) is 31.3. The van der Waals surface area contributed by atoms with E-state index in [0.717, 1.165) is 32.1 Å². The summed E-state index contributed by atoms with van der Waals surface area (Å²) < 4.78 is 32.9. The van der Waals surface area contributed by atoms with Crippen LogP contribution >= 0.6 is 7.82 Å². The Balaban J connectivity index is 4.31. The van der Waals surface area contributed by atoms with Crippen molar-refractivity contribution in [2.24, 2.45) is 0 Å². The number of nitrogens with one attached hydrogen (secondary N) is 1. The summed E-state index contributed by atoms with van der Waals surface area (Å²) in [4.78, 5) is 34.7. The third-order valence-electron chi connectivity index (χ3n) is 7.73. The quantitative estimate of drug-likeness (QED) is 0.0399. The average molecular weight is 650 g/mol. The highest BCUT2D eigenvalue weighted by molar-refractivity contribution is 7.47. The average Bonchev–Trinajstić information content (AvgIpc) is 3.00. The van der Waals surface area contributed by atoms with Crippen molar-refractivity contribution >= 4 is 19.8 Å². The molecule has 0 aromatic heterocycles. The Hall–Kier alpha value is -0.990. The first-order chi connectivity index (χ1) is 21.3. The van der Waals surface area contributed by atoms with Crippen molar-refractivity contribution in [3.8, 4) is 0 Å². The molecule has 44 heavy (non-hydrogen) atoms. The first kappa shape index (κ1) is 43.0. The van der Waals surface area contributed by atoms with Gasteiger partial charge in [0.1, 0.15) is 6.61 Å². The minimum Gasteiger partial charge on any atom is -0.462 e. The zero-order chi connectivity index (χ0) is 32.6. The summed E-state index contributed by atoms with van der Waals surface area (Å²) in [7, 11) is -2.63. The Morgan fingerprint density at radius 3 is 1.45 bits per heavy atom. The highest BCUT2D eigenvalue weighted by Crippen LogP contribution is 2.43. The highest BCUT2D eigenvalue weighted by Gasteiger charge is 2.26. The van der Waals surface area contributed by atoms with Crippen LogP contribution < -0.4 is 5.32 Å². The lowest BCUT2D eigenvalue weighted by molar-refractivity contribution is -0.161. The third-order valence-corrected chi connectivity index (χ3v) is 8.71. The summed E-state index contributed by atoms with van der Waals surface area (Å²) >= 11 is 0. The van der Waals surface area contributed by atoms with Gasteiger partial charge < -0.3 is 19.7 Å². The van der Waals surface area contributed by atoms with Gasteiger partial charge in [-0.05, 0) is 19.9 Å².